The molecule has 1 N–H and O–H groups in total. The van der Waals surface area contributed by atoms with E-state index in [-0.39, 0.29) is 11.9 Å². The Kier molecular flexibility index (Phi) is 5.37. The molecule has 3 aliphatic heterocycles. The first-order valence-electron chi connectivity index (χ1n) is 11.3. The molecule has 0 radical (unpaired) electrons. The van der Waals surface area contributed by atoms with E-state index in [1.54, 1.807) is 12.1 Å². The van der Waals surface area contributed by atoms with Crippen LogP contribution in [0.15, 0.2) is 36.4 Å². The van der Waals surface area contributed by atoms with Crippen molar-refractivity contribution in [2.24, 2.45) is 0 Å². The second-order valence-corrected chi connectivity index (χ2v) is 9.40. The van der Waals surface area contributed by atoms with Crippen molar-refractivity contribution in [1.29, 1.82) is 0 Å². The van der Waals surface area contributed by atoms with Crippen LogP contribution in [0.1, 0.15) is 13.5 Å². The number of hydrogen-bond donors (Lipinski definition) is 1. The highest BCUT2D eigenvalue weighted by atomic mass is 32.2. The first-order valence-corrected chi connectivity index (χ1v) is 12.0. The number of carbonyl (C=O) groups excluding carboxylic acids is 1. The number of benzene rings is 1. The summed E-state index contributed by atoms with van der Waals surface area (Å²) >= 11 is 1.84. The van der Waals surface area contributed by atoms with Crippen molar-refractivity contribution in [3.63, 3.8) is 0 Å². The highest BCUT2D eigenvalue weighted by Crippen LogP contribution is 2.25. The molecule has 8 heteroatoms. The largest absolute Gasteiger partial charge is 0.354 e. The Morgan fingerprint density at radius 2 is 2.03 bits per heavy atom. The van der Waals surface area contributed by atoms with Gasteiger partial charge in [0, 0.05) is 57.1 Å². The topological polar surface area (TPSA) is 56.6 Å². The van der Waals surface area contributed by atoms with E-state index in [1.807, 2.05) is 40.4 Å². The second-order valence-electron chi connectivity index (χ2n) is 8.33. The number of rotatable bonds is 4. The molecule has 0 saturated carbocycles. The Balaban J connectivity index is 1.21. The van der Waals surface area contributed by atoms with Crippen molar-refractivity contribution >= 4 is 23.5 Å². The minimum Gasteiger partial charge on any atom is -0.354 e. The van der Waals surface area contributed by atoms with Crippen molar-refractivity contribution in [2.45, 2.75) is 25.4 Å². The van der Waals surface area contributed by atoms with Crippen LogP contribution in [0.4, 0.5) is 5.82 Å². The standard InChI is InChI=1S/C22H30N6OS/c1-17-13-21(28(24-17)18-5-3-2-4-6-18)26-9-7-25(8-10-26)19-14-20(23-15-19)22(29)27-11-12-30-16-27/h2-6,13,19-20,23H,7-12,14-16H2,1H3/t19-,20-/m0/s1/i2D. The molecule has 3 aliphatic rings. The van der Waals surface area contributed by atoms with Gasteiger partial charge in [-0.15, -0.1) is 11.8 Å². The van der Waals surface area contributed by atoms with Crippen LogP contribution in [0.3, 0.4) is 0 Å². The number of aromatic nitrogens is 2. The predicted molar refractivity (Wildman–Crippen MR) is 121 cm³/mol. The summed E-state index contributed by atoms with van der Waals surface area (Å²) in [6.45, 7) is 7.68. The number of nitrogens with zero attached hydrogens (tertiary/aromatic N) is 5. The molecule has 3 fully saturated rings. The van der Waals surface area contributed by atoms with E-state index in [4.69, 9.17) is 6.47 Å². The number of aryl methyl sites for hydroxylation is 1. The molecule has 0 bridgehead atoms. The molecular formula is C22H30N6OS. The molecule has 3 saturated heterocycles. The summed E-state index contributed by atoms with van der Waals surface area (Å²) in [6.07, 6.45) is 0.913. The normalized spacial score (nSPS) is 25.7. The zero-order valence-electron chi connectivity index (χ0n) is 18.5. The Labute approximate surface area is 183 Å². The molecule has 1 aromatic heterocycles. The maximum atomic E-state index is 12.7. The number of amides is 1. The van der Waals surface area contributed by atoms with Crippen LogP contribution >= 0.6 is 11.8 Å². The van der Waals surface area contributed by atoms with Crippen LogP contribution in [0.5, 0.6) is 0 Å². The Morgan fingerprint density at radius 3 is 2.77 bits per heavy atom. The van der Waals surface area contributed by atoms with Crippen molar-refractivity contribution in [3.8, 4) is 5.69 Å². The monoisotopic (exact) mass is 427 g/mol. The third-order valence-corrected chi connectivity index (χ3v) is 7.35. The van der Waals surface area contributed by atoms with Gasteiger partial charge in [0.25, 0.3) is 0 Å². The molecule has 4 heterocycles. The van der Waals surface area contributed by atoms with Crippen LogP contribution in [0.25, 0.3) is 5.69 Å². The second kappa shape index (κ2) is 8.61. The van der Waals surface area contributed by atoms with E-state index >= 15 is 0 Å². The fourth-order valence-corrected chi connectivity index (χ4v) is 5.68. The van der Waals surface area contributed by atoms with Crippen LogP contribution in [-0.4, -0.2) is 88.5 Å². The number of thioether (sulfide) groups is 1. The van der Waals surface area contributed by atoms with Gasteiger partial charge in [-0.1, -0.05) is 18.2 Å². The van der Waals surface area contributed by atoms with Gasteiger partial charge in [0.15, 0.2) is 0 Å². The highest BCUT2D eigenvalue weighted by molar-refractivity contribution is 7.99. The SMILES string of the molecule is [2H]c1ccc(-n2nc(C)cc2N2CCN([C@@H]3CN[C@H](C(=O)N4CCSC4)C3)CC2)cc1. The Morgan fingerprint density at radius 1 is 1.23 bits per heavy atom. The van der Waals surface area contributed by atoms with Gasteiger partial charge in [-0.3, -0.25) is 9.69 Å². The minimum absolute atomic E-state index is 0.0224. The van der Waals surface area contributed by atoms with Crippen LogP contribution in [-0.2, 0) is 4.79 Å². The molecule has 0 unspecified atom stereocenters. The van der Waals surface area contributed by atoms with Gasteiger partial charge in [-0.05, 0) is 25.5 Å². The lowest BCUT2D eigenvalue weighted by Gasteiger charge is -2.38. The van der Waals surface area contributed by atoms with Gasteiger partial charge in [-0.2, -0.15) is 5.10 Å². The lowest BCUT2D eigenvalue weighted by Crippen LogP contribution is -2.51. The molecule has 0 aliphatic carbocycles. The lowest BCUT2D eigenvalue weighted by molar-refractivity contribution is -0.131. The van der Waals surface area contributed by atoms with Crippen molar-refractivity contribution in [1.82, 2.24) is 24.9 Å². The molecule has 2 atom stereocenters. The van der Waals surface area contributed by atoms with Gasteiger partial charge < -0.3 is 15.1 Å². The van der Waals surface area contributed by atoms with Gasteiger partial charge >= 0.3 is 0 Å². The summed E-state index contributed by atoms with van der Waals surface area (Å²) in [5.74, 6) is 3.30. The van der Waals surface area contributed by atoms with Crippen molar-refractivity contribution < 1.29 is 6.17 Å². The predicted octanol–water partition coefficient (Wildman–Crippen LogP) is 1.57. The highest BCUT2D eigenvalue weighted by Gasteiger charge is 2.36. The smallest absolute Gasteiger partial charge is 0.240 e. The van der Waals surface area contributed by atoms with Crippen LogP contribution < -0.4 is 10.2 Å². The summed E-state index contributed by atoms with van der Waals surface area (Å²) < 4.78 is 9.72. The Bertz CT molecular complexity index is 921. The van der Waals surface area contributed by atoms with E-state index in [0.717, 1.165) is 74.5 Å². The third-order valence-electron chi connectivity index (χ3n) is 6.38. The average molecular weight is 428 g/mol. The fourth-order valence-electron chi connectivity index (χ4n) is 4.73. The summed E-state index contributed by atoms with van der Waals surface area (Å²) in [5.41, 5.74) is 1.98. The number of para-hydroxylation sites is 1. The van der Waals surface area contributed by atoms with E-state index in [2.05, 4.69) is 21.2 Å². The molecule has 1 aromatic carbocycles. The minimum atomic E-state index is -0.0224. The van der Waals surface area contributed by atoms with Gasteiger partial charge in [0.05, 0.1) is 24.7 Å². The zero-order valence-corrected chi connectivity index (χ0v) is 18.3. The number of piperazine rings is 1. The lowest BCUT2D eigenvalue weighted by atomic mass is 10.1. The van der Waals surface area contributed by atoms with Crippen molar-refractivity contribution in [2.75, 3.05) is 55.8 Å². The maximum Gasteiger partial charge on any atom is 0.240 e. The van der Waals surface area contributed by atoms with E-state index in [1.165, 1.54) is 0 Å². The third kappa shape index (κ3) is 3.96. The maximum absolute atomic E-state index is 12.7. The summed E-state index contributed by atoms with van der Waals surface area (Å²) in [6, 6.07) is 10.6. The molecule has 2 aromatic rings. The molecule has 5 rings (SSSR count). The summed E-state index contributed by atoms with van der Waals surface area (Å²) in [4.78, 5) is 19.6. The summed E-state index contributed by atoms with van der Waals surface area (Å²) in [7, 11) is 0. The molecular weight excluding hydrogens is 396 g/mol. The van der Waals surface area contributed by atoms with Crippen LogP contribution in [0.2, 0.25) is 0 Å². The number of nitrogens with one attached hydrogen (secondary N) is 1. The van der Waals surface area contributed by atoms with E-state index in [0.29, 0.717) is 12.1 Å². The molecule has 30 heavy (non-hydrogen) atoms. The Hall–Kier alpha value is -2.03. The summed E-state index contributed by atoms with van der Waals surface area (Å²) in [5, 5.41) is 8.17. The molecule has 1 amide bonds. The van der Waals surface area contributed by atoms with E-state index < -0.39 is 0 Å². The zero-order chi connectivity index (χ0) is 21.4. The van der Waals surface area contributed by atoms with Crippen molar-refractivity contribution in [3.05, 3.63) is 42.1 Å². The quantitative estimate of drug-likeness (QED) is 0.799. The van der Waals surface area contributed by atoms with Crippen LogP contribution in [0, 0.1) is 6.92 Å². The molecule has 160 valence electrons. The van der Waals surface area contributed by atoms with Gasteiger partial charge in [0.1, 0.15) is 5.82 Å². The van der Waals surface area contributed by atoms with E-state index in [9.17, 15) is 4.79 Å². The number of anilines is 1. The van der Waals surface area contributed by atoms with Gasteiger partial charge in [-0.25, -0.2) is 4.68 Å². The first kappa shape index (κ1) is 18.7. The first-order chi connectivity index (χ1) is 15.1. The fraction of sp³-hybridized carbons (Fsp3) is 0.545. The van der Waals surface area contributed by atoms with Gasteiger partial charge in [0.2, 0.25) is 5.91 Å². The molecule has 0 spiro atoms. The average Bonchev–Trinajstić information content (AvgIpc) is 3.55. The molecule has 7 nitrogen and oxygen atoms in total. The number of hydrogen-bond acceptors (Lipinski definition) is 6. The number of carbonyl (C=O) groups is 1.